The molecule has 1 amide bonds. The van der Waals surface area contributed by atoms with E-state index in [1.54, 1.807) is 30.3 Å². The number of rotatable bonds is 8. The van der Waals surface area contributed by atoms with Gasteiger partial charge in [0.2, 0.25) is 5.91 Å². The first-order valence-electron chi connectivity index (χ1n) is 9.10. The van der Waals surface area contributed by atoms with Crippen LogP contribution >= 0.6 is 0 Å². The predicted octanol–water partition coefficient (Wildman–Crippen LogP) is 4.05. The van der Waals surface area contributed by atoms with Crippen molar-refractivity contribution in [3.63, 3.8) is 0 Å². The van der Waals surface area contributed by atoms with E-state index in [4.69, 9.17) is 9.84 Å². The molecule has 0 fully saturated rings. The lowest BCUT2D eigenvalue weighted by Gasteiger charge is -2.14. The Balaban J connectivity index is 1.87. The van der Waals surface area contributed by atoms with E-state index >= 15 is 0 Å². The summed E-state index contributed by atoms with van der Waals surface area (Å²) in [5, 5.41) is 22.4. The summed E-state index contributed by atoms with van der Waals surface area (Å²) in [6, 6.07) is 16.2. The van der Waals surface area contributed by atoms with E-state index in [1.165, 1.54) is 36.4 Å². The van der Waals surface area contributed by atoms with Crippen LogP contribution in [0.2, 0.25) is 0 Å². The minimum Gasteiger partial charge on any atom is -0.480 e. The number of benzene rings is 3. The molecule has 0 heterocycles. The summed E-state index contributed by atoms with van der Waals surface area (Å²) in [6.45, 7) is -0.632. The maximum absolute atomic E-state index is 14.2. The van der Waals surface area contributed by atoms with Gasteiger partial charge in [0.15, 0.2) is 6.61 Å². The molecule has 9 heteroatoms. The molecular weight excluding hydrogens is 407 g/mol. The molecule has 0 radical (unpaired) electrons. The van der Waals surface area contributed by atoms with Gasteiger partial charge >= 0.3 is 5.97 Å². The highest BCUT2D eigenvalue weighted by Crippen LogP contribution is 2.32. The molecule has 0 aliphatic rings. The van der Waals surface area contributed by atoms with Crippen LogP contribution in [-0.2, 0) is 16.0 Å². The molecule has 3 rings (SSSR count). The zero-order valence-corrected chi connectivity index (χ0v) is 16.1. The number of nitro groups is 1. The Morgan fingerprint density at radius 3 is 2.55 bits per heavy atom. The van der Waals surface area contributed by atoms with Crippen LogP contribution in [0.25, 0.3) is 11.1 Å². The zero-order chi connectivity index (χ0) is 22.4. The molecule has 0 bridgehead atoms. The van der Waals surface area contributed by atoms with Crippen LogP contribution in [-0.4, -0.2) is 28.5 Å². The van der Waals surface area contributed by atoms with Crippen LogP contribution in [0.1, 0.15) is 5.56 Å². The largest absolute Gasteiger partial charge is 0.480 e. The fourth-order valence-electron chi connectivity index (χ4n) is 2.92. The van der Waals surface area contributed by atoms with Crippen LogP contribution in [0.4, 0.5) is 15.8 Å². The van der Waals surface area contributed by atoms with Crippen molar-refractivity contribution in [2.24, 2.45) is 0 Å². The van der Waals surface area contributed by atoms with E-state index in [-0.39, 0.29) is 23.5 Å². The minimum atomic E-state index is -1.20. The van der Waals surface area contributed by atoms with Crippen molar-refractivity contribution in [1.29, 1.82) is 0 Å². The number of carbonyl (C=O) groups is 2. The summed E-state index contributed by atoms with van der Waals surface area (Å²) in [4.78, 5) is 33.7. The molecule has 0 atom stereocenters. The maximum atomic E-state index is 14.2. The van der Waals surface area contributed by atoms with Crippen LogP contribution in [0.3, 0.4) is 0 Å². The number of amides is 1. The molecule has 0 aliphatic carbocycles. The van der Waals surface area contributed by atoms with Crippen molar-refractivity contribution in [3.05, 3.63) is 88.2 Å². The van der Waals surface area contributed by atoms with Crippen LogP contribution in [0, 0.1) is 15.9 Å². The smallest absolute Gasteiger partial charge is 0.341 e. The first-order valence-corrected chi connectivity index (χ1v) is 9.10. The van der Waals surface area contributed by atoms with E-state index in [0.717, 1.165) is 0 Å². The molecule has 0 aliphatic heterocycles. The van der Waals surface area contributed by atoms with Gasteiger partial charge in [0.1, 0.15) is 11.6 Å². The molecule has 8 nitrogen and oxygen atoms in total. The number of carbonyl (C=O) groups excluding carboxylic acids is 1. The Bertz CT molecular complexity index is 1150. The van der Waals surface area contributed by atoms with Crippen LogP contribution < -0.4 is 10.1 Å². The summed E-state index contributed by atoms with van der Waals surface area (Å²) in [5.74, 6) is -2.08. The Hall–Kier alpha value is -4.27. The highest BCUT2D eigenvalue weighted by Gasteiger charge is 2.14. The molecule has 0 spiro atoms. The summed E-state index contributed by atoms with van der Waals surface area (Å²) in [7, 11) is 0. The topological polar surface area (TPSA) is 119 Å². The molecule has 2 N–H and O–H groups in total. The number of ether oxygens (including phenoxy) is 1. The van der Waals surface area contributed by atoms with E-state index in [0.29, 0.717) is 16.7 Å². The molecule has 3 aromatic carbocycles. The molecule has 158 valence electrons. The normalized spacial score (nSPS) is 10.4. The van der Waals surface area contributed by atoms with Crippen molar-refractivity contribution >= 4 is 23.3 Å². The number of hydrogen-bond acceptors (Lipinski definition) is 5. The fraction of sp³-hybridized carbons (Fsp3) is 0.0909. The van der Waals surface area contributed by atoms with Gasteiger partial charge in [-0.1, -0.05) is 36.4 Å². The number of carboxylic acid groups (broad SMARTS) is 1. The second kappa shape index (κ2) is 9.49. The van der Waals surface area contributed by atoms with E-state index in [9.17, 15) is 24.1 Å². The zero-order valence-electron chi connectivity index (χ0n) is 16.1. The maximum Gasteiger partial charge on any atom is 0.341 e. The number of aliphatic carboxylic acids is 1. The van der Waals surface area contributed by atoms with Gasteiger partial charge in [-0.05, 0) is 29.3 Å². The molecule has 3 aromatic rings. The Morgan fingerprint density at radius 2 is 1.84 bits per heavy atom. The van der Waals surface area contributed by atoms with E-state index < -0.39 is 29.2 Å². The second-order valence-corrected chi connectivity index (χ2v) is 6.53. The van der Waals surface area contributed by atoms with Gasteiger partial charge in [-0.15, -0.1) is 0 Å². The highest BCUT2D eigenvalue weighted by atomic mass is 19.1. The van der Waals surface area contributed by atoms with Crippen molar-refractivity contribution in [1.82, 2.24) is 0 Å². The third-order valence-corrected chi connectivity index (χ3v) is 4.28. The standard InChI is InChI=1S/C22H17FN2O6/c23-18-7-2-1-6-17(18)15-8-9-20(31-13-22(27)28)19(12-15)24-21(26)11-14-4-3-5-16(10-14)25(29)30/h1-10,12H,11,13H2,(H,24,26)(H,27,28). The summed E-state index contributed by atoms with van der Waals surface area (Å²) >= 11 is 0. The number of anilines is 1. The van der Waals surface area contributed by atoms with Crippen LogP contribution in [0.15, 0.2) is 66.7 Å². The lowest BCUT2D eigenvalue weighted by molar-refractivity contribution is -0.384. The number of carboxylic acids is 1. The molecule has 0 aromatic heterocycles. The van der Waals surface area contributed by atoms with Gasteiger partial charge < -0.3 is 15.2 Å². The third kappa shape index (κ3) is 5.63. The molecular formula is C22H17FN2O6. The number of non-ortho nitro benzene ring substituents is 1. The van der Waals surface area contributed by atoms with E-state index in [1.807, 2.05) is 0 Å². The van der Waals surface area contributed by atoms with Gasteiger partial charge in [-0.3, -0.25) is 14.9 Å². The fourth-order valence-corrected chi connectivity index (χ4v) is 2.92. The van der Waals surface area contributed by atoms with Crippen molar-refractivity contribution in [2.45, 2.75) is 6.42 Å². The third-order valence-electron chi connectivity index (χ3n) is 4.28. The first kappa shape index (κ1) is 21.4. The number of hydrogen-bond donors (Lipinski definition) is 2. The van der Waals surface area contributed by atoms with Gasteiger partial charge in [0.25, 0.3) is 5.69 Å². The Labute approximate surface area is 176 Å². The van der Waals surface area contributed by atoms with E-state index in [2.05, 4.69) is 5.32 Å². The lowest BCUT2D eigenvalue weighted by Crippen LogP contribution is -2.16. The van der Waals surface area contributed by atoms with Gasteiger partial charge in [0, 0.05) is 17.7 Å². The summed E-state index contributed by atoms with van der Waals surface area (Å²) in [6.07, 6.45) is -0.163. The number of halogens is 1. The number of nitrogens with one attached hydrogen (secondary N) is 1. The number of nitro benzene ring substituents is 1. The van der Waals surface area contributed by atoms with Crippen molar-refractivity contribution < 1.29 is 28.7 Å². The van der Waals surface area contributed by atoms with Gasteiger partial charge in [-0.2, -0.15) is 0 Å². The predicted molar refractivity (Wildman–Crippen MR) is 110 cm³/mol. The highest BCUT2D eigenvalue weighted by molar-refractivity contribution is 5.94. The monoisotopic (exact) mass is 424 g/mol. The molecule has 0 saturated heterocycles. The second-order valence-electron chi connectivity index (χ2n) is 6.53. The quantitative estimate of drug-likeness (QED) is 0.416. The van der Waals surface area contributed by atoms with Crippen molar-refractivity contribution in [2.75, 3.05) is 11.9 Å². The molecule has 0 saturated carbocycles. The molecule has 31 heavy (non-hydrogen) atoms. The average molecular weight is 424 g/mol. The summed E-state index contributed by atoms with van der Waals surface area (Å²) < 4.78 is 19.4. The Morgan fingerprint density at radius 1 is 1.06 bits per heavy atom. The lowest BCUT2D eigenvalue weighted by atomic mass is 10.0. The molecule has 0 unspecified atom stereocenters. The van der Waals surface area contributed by atoms with Crippen LogP contribution in [0.5, 0.6) is 5.75 Å². The SMILES string of the molecule is O=C(O)COc1ccc(-c2ccccc2F)cc1NC(=O)Cc1cccc([N+](=O)[O-])c1. The van der Waals surface area contributed by atoms with Gasteiger partial charge in [-0.25, -0.2) is 9.18 Å². The minimum absolute atomic E-state index is 0.0925. The van der Waals surface area contributed by atoms with Crippen molar-refractivity contribution in [3.8, 4) is 16.9 Å². The summed E-state index contributed by atoms with van der Waals surface area (Å²) in [5.41, 5.74) is 1.17. The number of nitrogens with zero attached hydrogens (tertiary/aromatic N) is 1. The van der Waals surface area contributed by atoms with Gasteiger partial charge in [0.05, 0.1) is 17.0 Å². The Kier molecular flexibility index (Phi) is 6.56. The average Bonchev–Trinajstić information content (AvgIpc) is 2.73. The first-order chi connectivity index (χ1) is 14.8.